The molecule has 0 aliphatic heterocycles. The van der Waals surface area contributed by atoms with Crippen LogP contribution in [0, 0.1) is 0 Å². The average molecular weight is 521 g/mol. The van der Waals surface area contributed by atoms with Gasteiger partial charge in [-0.1, -0.05) is 121 Å². The maximum Gasteiger partial charge on any atom is 0.134 e. The van der Waals surface area contributed by atoms with E-state index in [1.807, 2.05) is 0 Å². The molecule has 0 saturated carbocycles. The Morgan fingerprint density at radius 1 is 0.410 bits per heavy atom. The van der Waals surface area contributed by atoms with Crippen LogP contribution in [0.2, 0.25) is 0 Å². The third-order valence-electron chi connectivity index (χ3n) is 6.16. The third-order valence-corrected chi connectivity index (χ3v) is 6.16. The van der Waals surface area contributed by atoms with Crippen molar-refractivity contribution in [3.05, 3.63) is 145 Å². The van der Waals surface area contributed by atoms with Crippen LogP contribution in [0.5, 0.6) is 0 Å². The highest BCUT2D eigenvalue weighted by molar-refractivity contribution is 6.23. The molecule has 0 unspecified atom stereocenters. The molecule has 39 heavy (non-hydrogen) atoms. The van der Waals surface area contributed by atoms with E-state index in [2.05, 4.69) is 0 Å². The second-order valence-electron chi connectivity index (χ2n) is 8.28. The van der Waals surface area contributed by atoms with Crippen LogP contribution in [0.3, 0.4) is 0 Å². The lowest BCUT2D eigenvalue weighted by atomic mass is 9.85. The van der Waals surface area contributed by atoms with E-state index in [9.17, 15) is 9.60 Å². The molecule has 182 valence electrons. The molecule has 0 atom stereocenters. The highest BCUT2D eigenvalue weighted by Crippen LogP contribution is 2.46. The summed E-state index contributed by atoms with van der Waals surface area (Å²) in [5.74, 6) is 0. The minimum atomic E-state index is -0.977. The van der Waals surface area contributed by atoms with E-state index in [0.717, 1.165) is 0 Å². The van der Waals surface area contributed by atoms with Gasteiger partial charge in [-0.3, -0.25) is 0 Å². The quantitative estimate of drug-likeness (QED) is 0.211. The van der Waals surface area contributed by atoms with Crippen LogP contribution in [0.4, 0.5) is 0 Å². The van der Waals surface area contributed by atoms with Crippen LogP contribution >= 0.6 is 0 Å². The van der Waals surface area contributed by atoms with E-state index < -0.39 is 222 Å². The fourth-order valence-corrected chi connectivity index (χ4v) is 4.51. The van der Waals surface area contributed by atoms with Crippen LogP contribution in [0.25, 0.3) is 76.7 Å². The molecule has 0 radical (unpaired) electrons. The first-order chi connectivity index (χ1) is 29.3. The smallest absolute Gasteiger partial charge is 0.134 e. The van der Waals surface area contributed by atoms with Crippen molar-refractivity contribution in [3.63, 3.8) is 0 Å². The first-order valence-electron chi connectivity index (χ1n) is 23.4. The van der Waals surface area contributed by atoms with E-state index in [1.165, 1.54) is 0 Å². The lowest BCUT2D eigenvalue weighted by molar-refractivity contribution is 0.617. The SMILES string of the molecule is [2H]c1oc2c([2H])c([2H])c([2H])c([2H])c2c1-c1c2c([2H])c([2H])c([2H])c([2H])c2c(-c2c([2H])c([2H])c3c([2H])c([2H])c(-c4c([2H])c([2H])c([2H])c([2H])c4[2H])c([2H])c3c2[2H])c2c([2H])c([2H])c([2H])c([2H])c12. The van der Waals surface area contributed by atoms with E-state index in [0.29, 0.717) is 0 Å². The van der Waals surface area contributed by atoms with Crippen LogP contribution in [-0.2, 0) is 0 Å². The molecule has 7 aromatic carbocycles. The van der Waals surface area contributed by atoms with Crippen molar-refractivity contribution in [2.45, 2.75) is 0 Å². The monoisotopic (exact) mass is 520 g/mol. The lowest BCUT2D eigenvalue weighted by Gasteiger charge is -2.17. The molecule has 8 rings (SSSR count). The van der Waals surface area contributed by atoms with Crippen molar-refractivity contribution in [3.8, 4) is 33.4 Å². The Morgan fingerprint density at radius 2 is 0.949 bits per heavy atom. The van der Waals surface area contributed by atoms with E-state index >= 15 is 0 Å². The summed E-state index contributed by atoms with van der Waals surface area (Å²) in [6, 6.07) is -20.3. The zero-order chi connectivity index (χ0) is 46.6. The molecule has 1 heterocycles. The minimum Gasteiger partial charge on any atom is -0.464 e. The van der Waals surface area contributed by atoms with Gasteiger partial charge in [-0.15, -0.1) is 0 Å². The second kappa shape index (κ2) is 8.72. The van der Waals surface area contributed by atoms with E-state index in [-0.39, 0.29) is 0 Å². The van der Waals surface area contributed by atoms with Gasteiger partial charge in [-0.05, 0) is 72.7 Å². The Bertz CT molecular complexity index is 3390. The molecule has 0 amide bonds. The summed E-state index contributed by atoms with van der Waals surface area (Å²) in [5, 5.41) is -4.42. The summed E-state index contributed by atoms with van der Waals surface area (Å²) in [5.41, 5.74) is -4.60. The molecule has 0 aliphatic carbocycles. The molecule has 1 aromatic heterocycles. The topological polar surface area (TPSA) is 13.1 Å². The van der Waals surface area contributed by atoms with Crippen molar-refractivity contribution < 1.29 is 37.3 Å². The van der Waals surface area contributed by atoms with Gasteiger partial charge in [-0.25, -0.2) is 0 Å². The molecular weight excluding hydrogens is 472 g/mol. The Balaban J connectivity index is 1.72. The predicted octanol–water partition coefficient (Wildman–Crippen LogP) is 10.9. The highest BCUT2D eigenvalue weighted by Gasteiger charge is 2.19. The number of hydrogen-bond donors (Lipinski definition) is 0. The largest absolute Gasteiger partial charge is 0.464 e. The Morgan fingerprint density at radius 3 is 1.64 bits per heavy atom. The predicted molar refractivity (Wildman–Crippen MR) is 165 cm³/mol. The normalized spacial score (nSPS) is 20.2. The summed E-state index contributed by atoms with van der Waals surface area (Å²) in [6.45, 7) is 0. The highest BCUT2D eigenvalue weighted by atomic mass is 16.3. The summed E-state index contributed by atoms with van der Waals surface area (Å²) < 4.78 is 217. The van der Waals surface area contributed by atoms with Crippen molar-refractivity contribution >= 4 is 43.3 Å². The van der Waals surface area contributed by atoms with Crippen molar-refractivity contribution in [1.82, 2.24) is 0 Å². The number of hydrogen-bond acceptors (Lipinski definition) is 1. The fourth-order valence-electron chi connectivity index (χ4n) is 4.51. The van der Waals surface area contributed by atoms with E-state index in [4.69, 9.17) is 27.7 Å². The van der Waals surface area contributed by atoms with Gasteiger partial charge in [0.1, 0.15) is 6.95 Å². The Kier molecular flexibility index (Phi) is 1.94. The number of benzene rings is 7. The van der Waals surface area contributed by atoms with Gasteiger partial charge in [-0.2, -0.15) is 0 Å². The molecule has 1 nitrogen and oxygen atoms in total. The van der Waals surface area contributed by atoms with Crippen molar-refractivity contribution in [2.24, 2.45) is 0 Å². The average Bonchev–Trinajstić information content (AvgIpc) is 3.60. The molecule has 0 aliphatic rings. The standard InChI is InChI=1S/C38H24O/c1-2-10-25(11-3-1)27-20-18-26-19-21-28(23-29(26)22-27)37-31-13-4-6-15-33(31)38(34-16-7-5-14-32(34)37)35-24-39-36-17-9-8-12-30(35)36/h1-24H/i1D,2D,3D,4D,5D,6D,7D,8D,9D,10D,11D,12D,13D,14D,15D,16D,17D,18D,19D,20D,21D,22D,23D,24D. The van der Waals surface area contributed by atoms with Crippen LogP contribution in [0.1, 0.15) is 32.9 Å². The molecule has 0 spiro atoms. The Hall–Kier alpha value is -5.14. The summed E-state index contributed by atoms with van der Waals surface area (Å²) in [7, 11) is 0. The van der Waals surface area contributed by atoms with E-state index in [1.54, 1.807) is 0 Å². The minimum absolute atomic E-state index is 0.490. The second-order valence-corrected chi connectivity index (χ2v) is 8.28. The van der Waals surface area contributed by atoms with Gasteiger partial charge in [0.2, 0.25) is 0 Å². The summed E-state index contributed by atoms with van der Waals surface area (Å²) in [4.78, 5) is 0. The first kappa shape index (κ1) is 8.69. The molecule has 0 saturated heterocycles. The molecule has 1 heteroatoms. The number of para-hydroxylation sites is 1. The van der Waals surface area contributed by atoms with Crippen LogP contribution < -0.4 is 0 Å². The number of fused-ring (bicyclic) bond motifs is 4. The third kappa shape index (κ3) is 3.48. The Labute approximate surface area is 260 Å². The number of furan rings is 1. The van der Waals surface area contributed by atoms with Gasteiger partial charge in [0.05, 0.1) is 37.8 Å². The maximum absolute atomic E-state index is 9.65. The van der Waals surface area contributed by atoms with Gasteiger partial charge < -0.3 is 4.42 Å². The zero-order valence-electron chi connectivity index (χ0n) is 43.4. The van der Waals surface area contributed by atoms with Gasteiger partial charge >= 0.3 is 0 Å². The first-order valence-corrected chi connectivity index (χ1v) is 11.4. The van der Waals surface area contributed by atoms with Crippen molar-refractivity contribution in [2.75, 3.05) is 0 Å². The van der Waals surface area contributed by atoms with Crippen molar-refractivity contribution in [1.29, 1.82) is 0 Å². The number of rotatable bonds is 3. The molecule has 0 N–H and O–H groups in total. The fraction of sp³-hybridized carbons (Fsp3) is 0. The molecular formula is C38H24O. The maximum atomic E-state index is 9.65. The molecule has 0 bridgehead atoms. The summed E-state index contributed by atoms with van der Waals surface area (Å²) >= 11 is 0. The lowest BCUT2D eigenvalue weighted by Crippen LogP contribution is -1.90. The van der Waals surface area contributed by atoms with Gasteiger partial charge in [0, 0.05) is 16.5 Å². The van der Waals surface area contributed by atoms with Crippen LogP contribution in [0.15, 0.2) is 150 Å². The van der Waals surface area contributed by atoms with Crippen LogP contribution in [-0.4, -0.2) is 0 Å². The molecule has 8 aromatic rings. The van der Waals surface area contributed by atoms with Gasteiger partial charge in [0.25, 0.3) is 0 Å². The zero-order valence-corrected chi connectivity index (χ0v) is 19.4. The van der Waals surface area contributed by atoms with Gasteiger partial charge in [0.15, 0.2) is 0 Å². The summed E-state index contributed by atoms with van der Waals surface area (Å²) in [6.07, 6.45) is -0.901. The molecule has 0 fully saturated rings.